The molecular weight excluding hydrogens is 819 g/mol. The summed E-state index contributed by atoms with van der Waals surface area (Å²) in [6, 6.07) is 46.2. The highest BCUT2D eigenvalue weighted by Gasteiger charge is 2.38. The van der Waals surface area contributed by atoms with Gasteiger partial charge in [-0.3, -0.25) is 9.59 Å². The van der Waals surface area contributed by atoms with Gasteiger partial charge in [0, 0.05) is 41.3 Å². The van der Waals surface area contributed by atoms with Crippen LogP contribution in [0.4, 0.5) is 5.69 Å². The zero-order chi connectivity index (χ0) is 43.6. The van der Waals surface area contributed by atoms with Gasteiger partial charge < -0.3 is 25.2 Å². The van der Waals surface area contributed by atoms with Crippen LogP contribution in [0.1, 0.15) is 59.6 Å². The van der Waals surface area contributed by atoms with Crippen molar-refractivity contribution in [3.8, 4) is 11.1 Å². The number of carbonyl (C=O) groups is 2. The highest BCUT2D eigenvalue weighted by molar-refractivity contribution is 7.99. The number of sulfonamides is 1. The van der Waals surface area contributed by atoms with Gasteiger partial charge in [-0.1, -0.05) is 128 Å². The standard InChI is InChI=1S/C50H51N3O7S2/c1-33-13-27-44(28-14-33)62(57,58)53-46(29-36-9-5-4-6-10-36)49(56)51-30-41-11-7-8-12-45(41)38-19-21-40(22-20-38)50-59-47(32-61-43-25-23-42(24-26-43)52-35(3)55)34(2)48(60-50)39-17-15-37(31-54)16-18-39/h4-28,34,46-48,50,53-54H,29-32H2,1-3H3,(H,51,56)(H,52,55)/t34-,46+,47+,48+,50+/m0/s1. The molecule has 1 fully saturated rings. The molecule has 12 heteroatoms. The highest BCUT2D eigenvalue weighted by atomic mass is 32.2. The summed E-state index contributed by atoms with van der Waals surface area (Å²) in [6.07, 6.45) is -0.931. The Morgan fingerprint density at radius 1 is 0.758 bits per heavy atom. The molecule has 7 rings (SSSR count). The molecule has 2 amide bonds. The normalized spacial score (nSPS) is 18.1. The number of thioether (sulfide) groups is 1. The summed E-state index contributed by atoms with van der Waals surface area (Å²) in [4.78, 5) is 26.5. The highest BCUT2D eigenvalue weighted by Crippen LogP contribution is 2.43. The Morgan fingerprint density at radius 2 is 1.42 bits per heavy atom. The summed E-state index contributed by atoms with van der Waals surface area (Å²) in [5, 5.41) is 15.5. The maximum absolute atomic E-state index is 13.8. The van der Waals surface area contributed by atoms with Gasteiger partial charge in [0.25, 0.3) is 0 Å². The van der Waals surface area contributed by atoms with Crippen LogP contribution in [0.2, 0.25) is 0 Å². The van der Waals surface area contributed by atoms with E-state index in [-0.39, 0.29) is 48.5 Å². The average Bonchev–Trinajstić information content (AvgIpc) is 3.28. The Balaban J connectivity index is 1.07. The van der Waals surface area contributed by atoms with Crippen LogP contribution in [0.3, 0.4) is 0 Å². The molecule has 1 saturated heterocycles. The Kier molecular flexibility index (Phi) is 14.7. The molecule has 1 aliphatic heterocycles. The minimum Gasteiger partial charge on any atom is -0.392 e. The van der Waals surface area contributed by atoms with Gasteiger partial charge in [-0.15, -0.1) is 11.8 Å². The smallest absolute Gasteiger partial charge is 0.241 e. The molecule has 0 spiro atoms. The van der Waals surface area contributed by atoms with Gasteiger partial charge in [0.2, 0.25) is 21.8 Å². The number of hydrogen-bond acceptors (Lipinski definition) is 8. The number of aliphatic hydroxyl groups excluding tert-OH is 1. The minimum absolute atomic E-state index is 0.00365. The molecule has 0 saturated carbocycles. The summed E-state index contributed by atoms with van der Waals surface area (Å²) in [5.74, 6) is 0.115. The van der Waals surface area contributed by atoms with Crippen molar-refractivity contribution in [3.63, 3.8) is 0 Å². The first-order chi connectivity index (χ1) is 29.9. The maximum Gasteiger partial charge on any atom is 0.241 e. The lowest BCUT2D eigenvalue weighted by atomic mass is 9.91. The number of rotatable bonds is 16. The molecule has 6 aromatic carbocycles. The van der Waals surface area contributed by atoms with E-state index in [4.69, 9.17) is 9.47 Å². The molecule has 0 aromatic heterocycles. The second kappa shape index (κ2) is 20.5. The third-order valence-electron chi connectivity index (χ3n) is 10.9. The third-order valence-corrected chi connectivity index (χ3v) is 13.5. The van der Waals surface area contributed by atoms with Crippen molar-refractivity contribution in [1.29, 1.82) is 0 Å². The number of benzene rings is 6. The lowest BCUT2D eigenvalue weighted by molar-refractivity contribution is -0.268. The number of anilines is 1. The van der Waals surface area contributed by atoms with Crippen LogP contribution < -0.4 is 15.4 Å². The summed E-state index contributed by atoms with van der Waals surface area (Å²) in [7, 11) is -3.99. The van der Waals surface area contributed by atoms with Gasteiger partial charge in [-0.05, 0) is 83.1 Å². The Morgan fingerprint density at radius 3 is 2.10 bits per heavy atom. The van der Waals surface area contributed by atoms with E-state index in [2.05, 4.69) is 22.3 Å². The summed E-state index contributed by atoms with van der Waals surface area (Å²) >= 11 is 1.68. The monoisotopic (exact) mass is 869 g/mol. The predicted molar refractivity (Wildman–Crippen MR) is 244 cm³/mol. The van der Waals surface area contributed by atoms with Crippen LogP contribution in [0.25, 0.3) is 11.1 Å². The first-order valence-corrected chi connectivity index (χ1v) is 23.0. The Hall–Kier alpha value is -5.60. The lowest BCUT2D eigenvalue weighted by Crippen LogP contribution is -2.47. The first kappa shape index (κ1) is 44.5. The lowest BCUT2D eigenvalue weighted by Gasteiger charge is -2.41. The van der Waals surface area contributed by atoms with Gasteiger partial charge in [0.15, 0.2) is 6.29 Å². The van der Waals surface area contributed by atoms with Crippen LogP contribution in [-0.2, 0) is 48.7 Å². The van der Waals surface area contributed by atoms with Crippen molar-refractivity contribution < 1.29 is 32.6 Å². The van der Waals surface area contributed by atoms with Crippen molar-refractivity contribution >= 4 is 39.3 Å². The minimum atomic E-state index is -3.99. The molecule has 62 heavy (non-hydrogen) atoms. The van der Waals surface area contributed by atoms with E-state index in [9.17, 15) is 23.1 Å². The molecule has 320 valence electrons. The zero-order valence-electron chi connectivity index (χ0n) is 34.9. The average molecular weight is 870 g/mol. The van der Waals surface area contributed by atoms with Crippen molar-refractivity contribution in [2.45, 2.75) is 74.7 Å². The quantitative estimate of drug-likeness (QED) is 0.0707. The molecule has 0 radical (unpaired) electrons. The molecule has 1 aliphatic rings. The SMILES string of the molecule is CC(=O)Nc1ccc(SC[C@H]2O[C@@H](c3ccc(-c4ccccc4CNC(=O)[C@@H](Cc4ccccc4)NS(=O)(=O)c4ccc(C)cc4)cc3)O[C@@H](c3ccc(CO)cc3)[C@H]2C)cc1. The van der Waals surface area contributed by atoms with Crippen LogP contribution in [-0.4, -0.2) is 43.2 Å². The van der Waals surface area contributed by atoms with E-state index in [0.717, 1.165) is 55.1 Å². The number of aliphatic hydroxyl groups is 1. The zero-order valence-corrected chi connectivity index (χ0v) is 36.5. The molecule has 1 heterocycles. The fraction of sp³-hybridized carbons (Fsp3) is 0.240. The number of carbonyl (C=O) groups excluding carboxylic acids is 2. The summed E-state index contributed by atoms with van der Waals surface area (Å²) in [6.45, 7) is 5.63. The molecule has 0 unspecified atom stereocenters. The summed E-state index contributed by atoms with van der Waals surface area (Å²) < 4.78 is 43.0. The van der Waals surface area contributed by atoms with E-state index >= 15 is 0 Å². The van der Waals surface area contributed by atoms with E-state index in [1.807, 2.05) is 134 Å². The maximum atomic E-state index is 13.8. The van der Waals surface area contributed by atoms with Gasteiger partial charge in [-0.25, -0.2) is 8.42 Å². The van der Waals surface area contributed by atoms with E-state index in [0.29, 0.717) is 5.75 Å². The number of ether oxygens (including phenoxy) is 2. The molecule has 4 N–H and O–H groups in total. The van der Waals surface area contributed by atoms with Gasteiger partial charge >= 0.3 is 0 Å². The van der Waals surface area contributed by atoms with Gasteiger partial charge in [0.1, 0.15) is 6.04 Å². The fourth-order valence-corrected chi connectivity index (χ4v) is 9.68. The second-order valence-electron chi connectivity index (χ2n) is 15.5. The van der Waals surface area contributed by atoms with Gasteiger partial charge in [0.05, 0.1) is 23.7 Å². The van der Waals surface area contributed by atoms with Crippen molar-refractivity contribution in [2.75, 3.05) is 11.1 Å². The molecule has 6 aromatic rings. The van der Waals surface area contributed by atoms with E-state index < -0.39 is 28.3 Å². The first-order valence-electron chi connectivity index (χ1n) is 20.6. The Labute approximate surface area is 368 Å². The van der Waals surface area contributed by atoms with Crippen LogP contribution >= 0.6 is 11.8 Å². The largest absolute Gasteiger partial charge is 0.392 e. The Bertz CT molecular complexity index is 2540. The van der Waals surface area contributed by atoms with Crippen LogP contribution in [0.15, 0.2) is 161 Å². The number of amides is 2. The summed E-state index contributed by atoms with van der Waals surface area (Å²) in [5.41, 5.74) is 7.87. The molecule has 0 aliphatic carbocycles. The number of hydrogen-bond donors (Lipinski definition) is 4. The predicted octanol–water partition coefficient (Wildman–Crippen LogP) is 8.90. The topological polar surface area (TPSA) is 143 Å². The fourth-order valence-electron chi connectivity index (χ4n) is 7.42. The van der Waals surface area contributed by atoms with Crippen molar-refractivity contribution in [2.24, 2.45) is 5.92 Å². The number of aryl methyl sites for hydroxylation is 1. The van der Waals surface area contributed by atoms with Crippen molar-refractivity contribution in [1.82, 2.24) is 10.0 Å². The van der Waals surface area contributed by atoms with Crippen LogP contribution in [0.5, 0.6) is 0 Å². The van der Waals surface area contributed by atoms with Gasteiger partial charge in [-0.2, -0.15) is 4.72 Å². The number of nitrogens with one attached hydrogen (secondary N) is 3. The second-order valence-corrected chi connectivity index (χ2v) is 18.3. The van der Waals surface area contributed by atoms with E-state index in [1.165, 1.54) is 19.1 Å². The molecular formula is C50H51N3O7S2. The molecule has 10 nitrogen and oxygen atoms in total. The van der Waals surface area contributed by atoms with E-state index in [1.54, 1.807) is 23.9 Å². The van der Waals surface area contributed by atoms with Crippen molar-refractivity contribution in [3.05, 3.63) is 185 Å². The molecule has 5 atom stereocenters. The molecule has 0 bridgehead atoms. The van der Waals surface area contributed by atoms with Crippen LogP contribution in [0, 0.1) is 12.8 Å². The third kappa shape index (κ3) is 11.4.